The molecule has 0 fully saturated rings. The molecule has 3 aromatic heterocycles. The molecule has 4 heteroatoms. The lowest BCUT2D eigenvalue weighted by atomic mass is 9.96. The van der Waals surface area contributed by atoms with E-state index in [1.165, 1.54) is 77.5 Å². The largest absolute Gasteiger partial charge is 0.455 e. The van der Waals surface area contributed by atoms with Crippen LogP contribution in [0.15, 0.2) is 199 Å². The van der Waals surface area contributed by atoms with Crippen LogP contribution in [0.1, 0.15) is 19.3 Å². The van der Waals surface area contributed by atoms with E-state index in [1.54, 1.807) is 0 Å². The molecule has 4 nitrogen and oxygen atoms in total. The van der Waals surface area contributed by atoms with E-state index in [4.69, 9.17) is 4.42 Å². The number of hydrogen-bond donors (Lipinski definition) is 0. The van der Waals surface area contributed by atoms with Gasteiger partial charge in [-0.2, -0.15) is 0 Å². The molecule has 3 heterocycles. The number of allylic oxidation sites excluding steroid dienone is 1. The predicted octanol–water partition coefficient (Wildman–Crippen LogP) is 14.7. The fourth-order valence-electron chi connectivity index (χ4n) is 9.77. The van der Waals surface area contributed by atoms with Crippen molar-refractivity contribution in [2.75, 3.05) is 4.90 Å². The molecular weight excluding hydrogens is 707 g/mol. The van der Waals surface area contributed by atoms with Gasteiger partial charge in [0.25, 0.3) is 0 Å². The third-order valence-corrected chi connectivity index (χ3v) is 12.4. The Morgan fingerprint density at radius 2 is 1.05 bits per heavy atom. The summed E-state index contributed by atoms with van der Waals surface area (Å²) in [6, 6.07) is 68.5. The highest BCUT2D eigenvalue weighted by molar-refractivity contribution is 6.24. The summed E-state index contributed by atoms with van der Waals surface area (Å²) in [5, 5.41) is 7.19. The zero-order valence-corrected chi connectivity index (χ0v) is 31.9. The Kier molecular flexibility index (Phi) is 7.45. The molecule has 0 saturated carbocycles. The van der Waals surface area contributed by atoms with E-state index >= 15 is 0 Å². The first-order valence-corrected chi connectivity index (χ1v) is 20.3. The number of furan rings is 1. The molecule has 1 unspecified atom stereocenters. The normalized spacial score (nSPS) is 14.6. The van der Waals surface area contributed by atoms with Crippen molar-refractivity contribution in [1.29, 1.82) is 0 Å². The molecule has 0 aliphatic heterocycles. The number of rotatable bonds is 6. The second kappa shape index (κ2) is 13.1. The average Bonchev–Trinajstić information content (AvgIpc) is 3.95. The minimum atomic E-state index is 0.345. The van der Waals surface area contributed by atoms with Crippen LogP contribution in [0.5, 0.6) is 0 Å². The summed E-state index contributed by atoms with van der Waals surface area (Å²) in [6.07, 6.45) is 5.43. The molecule has 276 valence electrons. The van der Waals surface area contributed by atoms with Gasteiger partial charge in [-0.1, -0.05) is 109 Å². The van der Waals surface area contributed by atoms with Gasteiger partial charge >= 0.3 is 0 Å². The molecule has 0 spiro atoms. The number of hydrogen-bond acceptors (Lipinski definition) is 2. The van der Waals surface area contributed by atoms with Gasteiger partial charge in [0.1, 0.15) is 11.2 Å². The molecular formula is C54H39N3O. The molecule has 0 saturated heterocycles. The zero-order valence-electron chi connectivity index (χ0n) is 31.9. The first kappa shape index (κ1) is 32.9. The molecule has 0 bridgehead atoms. The summed E-state index contributed by atoms with van der Waals surface area (Å²) in [5.74, 6) is 0. The summed E-state index contributed by atoms with van der Waals surface area (Å²) in [5.41, 5.74) is 14.1. The Morgan fingerprint density at radius 3 is 1.76 bits per heavy atom. The molecule has 0 amide bonds. The van der Waals surface area contributed by atoms with Crippen LogP contribution in [0.2, 0.25) is 0 Å². The van der Waals surface area contributed by atoms with Crippen LogP contribution in [-0.4, -0.2) is 15.2 Å². The highest BCUT2D eigenvalue weighted by atomic mass is 16.3. The summed E-state index contributed by atoms with van der Waals surface area (Å²) in [7, 11) is 0. The highest BCUT2D eigenvalue weighted by Gasteiger charge is 2.27. The predicted molar refractivity (Wildman–Crippen MR) is 243 cm³/mol. The average molecular weight is 746 g/mol. The number of para-hydroxylation sites is 5. The van der Waals surface area contributed by atoms with Crippen molar-refractivity contribution in [3.63, 3.8) is 0 Å². The molecule has 0 radical (unpaired) electrons. The van der Waals surface area contributed by atoms with Gasteiger partial charge in [-0.3, -0.25) is 0 Å². The fourth-order valence-corrected chi connectivity index (χ4v) is 9.77. The third kappa shape index (κ3) is 5.08. The number of fused-ring (bicyclic) bond motifs is 10. The van der Waals surface area contributed by atoms with Crippen LogP contribution in [0.25, 0.3) is 88.1 Å². The third-order valence-electron chi connectivity index (χ3n) is 12.4. The maximum absolute atomic E-state index is 6.78. The molecule has 11 aromatic rings. The Balaban J connectivity index is 1.03. The Bertz CT molecular complexity index is 3330. The van der Waals surface area contributed by atoms with Crippen LogP contribution in [0.3, 0.4) is 0 Å². The summed E-state index contributed by atoms with van der Waals surface area (Å²) in [4.78, 5) is 2.53. The van der Waals surface area contributed by atoms with Crippen LogP contribution < -0.4 is 4.90 Å². The quantitative estimate of drug-likeness (QED) is 0.169. The Morgan fingerprint density at radius 1 is 0.466 bits per heavy atom. The summed E-state index contributed by atoms with van der Waals surface area (Å²) in [6.45, 7) is 0. The van der Waals surface area contributed by atoms with Crippen LogP contribution in [0.4, 0.5) is 11.4 Å². The molecule has 58 heavy (non-hydrogen) atoms. The van der Waals surface area contributed by atoms with E-state index in [2.05, 4.69) is 208 Å². The van der Waals surface area contributed by atoms with Crippen LogP contribution in [-0.2, 0) is 0 Å². The molecule has 1 aliphatic carbocycles. The number of aromatic nitrogens is 2. The first-order chi connectivity index (χ1) is 28.8. The smallest absolute Gasteiger partial charge is 0.145 e. The standard InChI is InChI=1S/C54H39N3O/c1-4-14-38(15-5-1)55(39-16-6-2-7-17-39)41-26-28-42(29-27-41)57-50-32-25-37(35-47(50)53-51(57)33-30-45-44-21-11-13-23-52(44)58-54(45)53)36-24-31-49-46(34-36)43-20-10-12-22-48(43)56(49)40-18-8-3-9-19-40/h1-25,28,30-35,41H,26-27,29H2. The SMILES string of the molecule is C1=C(n2c3ccc(-c4ccc5c(c4)c4ccccc4n5-c4ccccc4)cc3c3c4oc5ccccc5c4ccc32)CCC(N(c2ccccc2)c2ccccc2)C1. The van der Waals surface area contributed by atoms with Crippen molar-refractivity contribution in [2.45, 2.75) is 25.3 Å². The number of benzene rings is 8. The lowest BCUT2D eigenvalue weighted by molar-refractivity contribution is 0.590. The van der Waals surface area contributed by atoms with E-state index in [9.17, 15) is 0 Å². The van der Waals surface area contributed by atoms with Gasteiger partial charge in [0.05, 0.1) is 27.5 Å². The van der Waals surface area contributed by atoms with E-state index in [-0.39, 0.29) is 0 Å². The second-order valence-electron chi connectivity index (χ2n) is 15.6. The van der Waals surface area contributed by atoms with Gasteiger partial charge in [0.15, 0.2) is 0 Å². The van der Waals surface area contributed by atoms with Gasteiger partial charge < -0.3 is 18.5 Å². The van der Waals surface area contributed by atoms with E-state index in [0.29, 0.717) is 6.04 Å². The minimum Gasteiger partial charge on any atom is -0.455 e. The van der Waals surface area contributed by atoms with Gasteiger partial charge in [-0.25, -0.2) is 0 Å². The van der Waals surface area contributed by atoms with Gasteiger partial charge in [-0.05, 0) is 115 Å². The van der Waals surface area contributed by atoms with Crippen molar-refractivity contribution in [3.8, 4) is 16.8 Å². The van der Waals surface area contributed by atoms with Crippen LogP contribution in [0, 0.1) is 0 Å². The van der Waals surface area contributed by atoms with Crippen LogP contribution >= 0.6 is 0 Å². The van der Waals surface area contributed by atoms with Gasteiger partial charge in [0.2, 0.25) is 0 Å². The highest BCUT2D eigenvalue weighted by Crippen LogP contribution is 2.44. The Labute approximate surface area is 336 Å². The number of anilines is 2. The maximum Gasteiger partial charge on any atom is 0.145 e. The molecule has 12 rings (SSSR count). The zero-order chi connectivity index (χ0) is 38.2. The lowest BCUT2D eigenvalue weighted by Crippen LogP contribution is -2.32. The topological polar surface area (TPSA) is 26.2 Å². The fraction of sp³-hybridized carbons (Fsp3) is 0.0741. The lowest BCUT2D eigenvalue weighted by Gasteiger charge is -2.36. The first-order valence-electron chi connectivity index (χ1n) is 20.3. The van der Waals surface area contributed by atoms with Crippen molar-refractivity contribution in [3.05, 3.63) is 194 Å². The summed E-state index contributed by atoms with van der Waals surface area (Å²) < 4.78 is 11.7. The van der Waals surface area contributed by atoms with E-state index in [1.807, 2.05) is 0 Å². The second-order valence-corrected chi connectivity index (χ2v) is 15.6. The van der Waals surface area contributed by atoms with Crippen molar-refractivity contribution in [1.82, 2.24) is 9.13 Å². The van der Waals surface area contributed by atoms with Crippen molar-refractivity contribution >= 4 is 82.6 Å². The molecule has 1 aliphatic rings. The van der Waals surface area contributed by atoms with Gasteiger partial charge in [-0.15, -0.1) is 0 Å². The maximum atomic E-state index is 6.78. The molecule has 0 N–H and O–H groups in total. The van der Waals surface area contributed by atoms with Crippen molar-refractivity contribution < 1.29 is 4.42 Å². The van der Waals surface area contributed by atoms with Gasteiger partial charge in [0, 0.05) is 55.7 Å². The number of nitrogens with zero attached hydrogens (tertiary/aromatic N) is 3. The van der Waals surface area contributed by atoms with Crippen molar-refractivity contribution in [2.24, 2.45) is 0 Å². The minimum absolute atomic E-state index is 0.345. The van der Waals surface area contributed by atoms with E-state index in [0.717, 1.165) is 41.2 Å². The summed E-state index contributed by atoms with van der Waals surface area (Å²) >= 11 is 0. The molecule has 1 atom stereocenters. The Hall–Kier alpha value is -7.30. The van der Waals surface area contributed by atoms with E-state index < -0.39 is 0 Å². The monoisotopic (exact) mass is 745 g/mol. The molecule has 8 aromatic carbocycles.